The average Bonchev–Trinajstić information content (AvgIpc) is 3.29. The molecule has 11 nitrogen and oxygen atoms in total. The molecule has 0 bridgehead atoms. The molecule has 39 heavy (non-hydrogen) atoms. The largest absolute Gasteiger partial charge is 0.383 e. The Bertz CT molecular complexity index is 1730. The van der Waals surface area contributed by atoms with Gasteiger partial charge in [0.25, 0.3) is 5.91 Å². The average molecular weight is 532 g/mol. The van der Waals surface area contributed by atoms with Gasteiger partial charge >= 0.3 is 0 Å². The van der Waals surface area contributed by atoms with E-state index in [0.29, 0.717) is 28.0 Å². The van der Waals surface area contributed by atoms with Gasteiger partial charge in [0.05, 0.1) is 29.4 Å². The minimum atomic E-state index is -0.721. The second-order valence-electron chi connectivity index (χ2n) is 8.91. The number of benzene rings is 1. The Balaban J connectivity index is 1.47. The highest BCUT2D eigenvalue weighted by atomic mass is 19.1. The molecule has 3 N–H and O–H groups in total. The molecule has 5 rings (SSSR count). The number of aryl methyl sites for hydroxylation is 1. The number of amides is 1. The summed E-state index contributed by atoms with van der Waals surface area (Å²) >= 11 is 0. The van der Waals surface area contributed by atoms with Crippen molar-refractivity contribution in [3.8, 4) is 22.5 Å². The number of halogens is 2. The van der Waals surface area contributed by atoms with E-state index < -0.39 is 23.8 Å². The van der Waals surface area contributed by atoms with Crippen LogP contribution in [0.4, 0.5) is 20.3 Å². The zero-order chi connectivity index (χ0) is 27.7. The van der Waals surface area contributed by atoms with Gasteiger partial charge in [-0.2, -0.15) is 10.2 Å². The molecular weight excluding hydrogens is 508 g/mol. The van der Waals surface area contributed by atoms with Gasteiger partial charge in [0.1, 0.15) is 30.3 Å². The van der Waals surface area contributed by atoms with Crippen molar-refractivity contribution in [1.29, 1.82) is 0 Å². The van der Waals surface area contributed by atoms with Gasteiger partial charge in [0.2, 0.25) is 5.43 Å². The summed E-state index contributed by atoms with van der Waals surface area (Å²) in [5.74, 6) is -1.06. The van der Waals surface area contributed by atoms with Crippen LogP contribution in [0.1, 0.15) is 30.4 Å². The molecular formula is C26H23F2N9O2. The van der Waals surface area contributed by atoms with E-state index in [1.54, 1.807) is 24.3 Å². The van der Waals surface area contributed by atoms with Gasteiger partial charge in [0.15, 0.2) is 11.3 Å². The summed E-state index contributed by atoms with van der Waals surface area (Å²) in [4.78, 5) is 38.5. The standard InChI is InChI=1S/C26H23F2N9O2/c1-14(2)37-12-18(19-8-5-16(28)11-30-19)23(38)22(35-37)26(39)33-17-6-3-15(4-7-17)21-20-24(29)31-13-32-25(20)36(34-21)10-9-27/h3-8,11-14H,9-10H2,1-2H3,(H,33,39)(H2,29,31,32). The minimum absolute atomic E-state index is 0.00844. The zero-order valence-corrected chi connectivity index (χ0v) is 21.0. The molecule has 0 aliphatic heterocycles. The van der Waals surface area contributed by atoms with Gasteiger partial charge in [0, 0.05) is 23.5 Å². The summed E-state index contributed by atoms with van der Waals surface area (Å²) in [6.45, 7) is 3.07. The number of alkyl halides is 1. The highest BCUT2D eigenvalue weighted by Gasteiger charge is 2.21. The first-order valence-corrected chi connectivity index (χ1v) is 12.0. The van der Waals surface area contributed by atoms with E-state index in [2.05, 4.69) is 30.5 Å². The Morgan fingerprint density at radius 1 is 1.08 bits per heavy atom. The van der Waals surface area contributed by atoms with Gasteiger partial charge in [-0.3, -0.25) is 19.3 Å². The van der Waals surface area contributed by atoms with Crippen LogP contribution in [0.3, 0.4) is 0 Å². The number of rotatable bonds is 7. The van der Waals surface area contributed by atoms with E-state index in [-0.39, 0.29) is 35.4 Å². The number of anilines is 2. The van der Waals surface area contributed by atoms with Crippen molar-refractivity contribution < 1.29 is 13.6 Å². The number of nitrogens with zero attached hydrogens (tertiary/aromatic N) is 7. The van der Waals surface area contributed by atoms with Gasteiger partial charge in [-0.25, -0.2) is 23.4 Å². The van der Waals surface area contributed by atoms with E-state index in [0.717, 1.165) is 6.20 Å². The van der Waals surface area contributed by atoms with Crippen molar-refractivity contribution in [3.05, 3.63) is 76.9 Å². The number of nitrogen functional groups attached to an aromatic ring is 1. The second-order valence-corrected chi connectivity index (χ2v) is 8.91. The van der Waals surface area contributed by atoms with Crippen LogP contribution in [0.25, 0.3) is 33.5 Å². The van der Waals surface area contributed by atoms with Crippen molar-refractivity contribution in [2.24, 2.45) is 0 Å². The lowest BCUT2D eigenvalue weighted by molar-refractivity contribution is 0.101. The fourth-order valence-electron chi connectivity index (χ4n) is 4.01. The Morgan fingerprint density at radius 3 is 2.51 bits per heavy atom. The molecule has 13 heteroatoms. The number of carbonyl (C=O) groups is 1. The van der Waals surface area contributed by atoms with Gasteiger partial charge in [-0.15, -0.1) is 0 Å². The zero-order valence-electron chi connectivity index (χ0n) is 21.0. The predicted molar refractivity (Wildman–Crippen MR) is 141 cm³/mol. The highest BCUT2D eigenvalue weighted by Crippen LogP contribution is 2.30. The summed E-state index contributed by atoms with van der Waals surface area (Å²) in [6.07, 6.45) is 3.78. The highest BCUT2D eigenvalue weighted by molar-refractivity contribution is 6.03. The summed E-state index contributed by atoms with van der Waals surface area (Å²) in [5.41, 5.74) is 7.34. The Labute approximate surface area is 220 Å². The van der Waals surface area contributed by atoms with E-state index in [9.17, 15) is 18.4 Å². The third kappa shape index (κ3) is 4.93. The summed E-state index contributed by atoms with van der Waals surface area (Å²) in [5, 5.41) is 11.9. The molecule has 0 saturated heterocycles. The first-order chi connectivity index (χ1) is 18.8. The Kier molecular flexibility index (Phi) is 6.79. The van der Waals surface area contributed by atoms with Crippen molar-refractivity contribution in [2.75, 3.05) is 17.7 Å². The second kappa shape index (κ2) is 10.4. The number of pyridine rings is 1. The van der Waals surface area contributed by atoms with E-state index >= 15 is 0 Å². The van der Waals surface area contributed by atoms with Gasteiger partial charge < -0.3 is 11.1 Å². The number of nitrogens with one attached hydrogen (secondary N) is 1. The SMILES string of the molecule is CC(C)n1cc(-c2ccc(F)cn2)c(=O)c(C(=O)Nc2ccc(-c3nn(CCF)c4ncnc(N)c34)cc2)n1. The Morgan fingerprint density at radius 2 is 1.85 bits per heavy atom. The maximum atomic E-state index is 13.4. The molecule has 0 fully saturated rings. The van der Waals surface area contributed by atoms with E-state index in [4.69, 9.17) is 5.73 Å². The monoisotopic (exact) mass is 531 g/mol. The molecule has 1 amide bonds. The molecule has 198 valence electrons. The summed E-state index contributed by atoms with van der Waals surface area (Å²) < 4.78 is 29.3. The minimum Gasteiger partial charge on any atom is -0.383 e. The lowest BCUT2D eigenvalue weighted by atomic mass is 10.1. The fourth-order valence-corrected chi connectivity index (χ4v) is 4.01. The number of hydrogen-bond acceptors (Lipinski definition) is 8. The molecule has 5 aromatic rings. The Hall–Kier alpha value is -5.07. The van der Waals surface area contributed by atoms with Crippen LogP contribution in [0, 0.1) is 5.82 Å². The molecule has 0 spiro atoms. The first kappa shape index (κ1) is 25.6. The topological polar surface area (TPSA) is 146 Å². The molecule has 0 atom stereocenters. The number of fused-ring (bicyclic) bond motifs is 1. The molecule has 0 unspecified atom stereocenters. The van der Waals surface area contributed by atoms with Crippen LogP contribution in [0.15, 0.2) is 59.9 Å². The molecule has 4 heterocycles. The predicted octanol–water partition coefficient (Wildman–Crippen LogP) is 3.64. The summed E-state index contributed by atoms with van der Waals surface area (Å²) in [6, 6.07) is 9.03. The van der Waals surface area contributed by atoms with E-state index in [1.165, 1.54) is 34.0 Å². The lowest BCUT2D eigenvalue weighted by Gasteiger charge is -2.13. The molecule has 0 aliphatic carbocycles. The molecule has 4 aromatic heterocycles. The van der Waals surface area contributed by atoms with Crippen molar-refractivity contribution >= 4 is 28.4 Å². The van der Waals surface area contributed by atoms with Gasteiger partial charge in [-0.1, -0.05) is 12.1 Å². The lowest BCUT2D eigenvalue weighted by Crippen LogP contribution is -2.28. The molecule has 1 aromatic carbocycles. The number of nitrogens with two attached hydrogens (primary N) is 1. The third-order valence-electron chi connectivity index (χ3n) is 5.96. The van der Waals surface area contributed by atoms with Crippen LogP contribution in [-0.4, -0.2) is 47.1 Å². The maximum absolute atomic E-state index is 13.4. The fraction of sp³-hybridized carbons (Fsp3) is 0.192. The summed E-state index contributed by atoms with van der Waals surface area (Å²) in [7, 11) is 0. The van der Waals surface area contributed by atoms with Crippen LogP contribution in [0.5, 0.6) is 0 Å². The van der Waals surface area contributed by atoms with Crippen molar-refractivity contribution in [1.82, 2.24) is 34.5 Å². The van der Waals surface area contributed by atoms with Crippen molar-refractivity contribution in [3.63, 3.8) is 0 Å². The number of carbonyl (C=O) groups excluding carboxylic acids is 1. The molecule has 0 saturated carbocycles. The molecule has 0 aliphatic rings. The third-order valence-corrected chi connectivity index (χ3v) is 5.96. The number of aromatic nitrogens is 7. The van der Waals surface area contributed by atoms with Crippen LogP contribution in [0.2, 0.25) is 0 Å². The van der Waals surface area contributed by atoms with Gasteiger partial charge in [-0.05, 0) is 38.1 Å². The molecule has 0 radical (unpaired) electrons. The quantitative estimate of drug-likeness (QED) is 0.324. The van der Waals surface area contributed by atoms with Crippen LogP contribution >= 0.6 is 0 Å². The van der Waals surface area contributed by atoms with E-state index in [1.807, 2.05) is 13.8 Å². The van der Waals surface area contributed by atoms with Crippen molar-refractivity contribution in [2.45, 2.75) is 26.4 Å². The maximum Gasteiger partial charge on any atom is 0.280 e. The smallest absolute Gasteiger partial charge is 0.280 e. The van der Waals surface area contributed by atoms with Crippen LogP contribution in [-0.2, 0) is 6.54 Å². The van der Waals surface area contributed by atoms with Crippen LogP contribution < -0.4 is 16.5 Å². The number of hydrogen-bond donors (Lipinski definition) is 2. The first-order valence-electron chi connectivity index (χ1n) is 12.0. The normalized spacial score (nSPS) is 11.3.